The molecule has 0 radical (unpaired) electrons. The Bertz CT molecular complexity index is 802. The molecule has 0 spiro atoms. The summed E-state index contributed by atoms with van der Waals surface area (Å²) in [5.41, 5.74) is -0.207. The normalized spacial score (nSPS) is 33.4. The van der Waals surface area contributed by atoms with Crippen LogP contribution >= 0.6 is 0 Å². The first-order valence-electron chi connectivity index (χ1n) is 10.0. The van der Waals surface area contributed by atoms with Gasteiger partial charge in [0, 0.05) is 29.4 Å². The molecule has 2 N–H and O–H groups in total. The maximum atomic E-state index is 13.2. The Morgan fingerprint density at radius 3 is 2.46 bits per heavy atom. The van der Waals surface area contributed by atoms with Crippen LogP contribution in [0.3, 0.4) is 0 Å². The molecule has 0 aromatic rings. The van der Waals surface area contributed by atoms with Gasteiger partial charge in [-0.25, -0.2) is 0 Å². The molecule has 154 valence electrons. The van der Waals surface area contributed by atoms with Crippen LogP contribution in [0.4, 0.5) is 0 Å². The van der Waals surface area contributed by atoms with Gasteiger partial charge in [0.2, 0.25) is 11.6 Å². The quantitative estimate of drug-likeness (QED) is 0.436. The lowest BCUT2D eigenvalue weighted by molar-refractivity contribution is -0.142. The molecule has 4 atom stereocenters. The van der Waals surface area contributed by atoms with Gasteiger partial charge in [0.05, 0.1) is 18.3 Å². The van der Waals surface area contributed by atoms with Crippen LogP contribution in [-0.4, -0.2) is 40.5 Å². The number of rotatable bonds is 3. The molecular formula is C22H30O6. The number of carbonyl (C=O) groups is 3. The number of fused-ring (bicyclic) bond motifs is 2. The van der Waals surface area contributed by atoms with Gasteiger partial charge in [-0.05, 0) is 30.6 Å². The molecule has 3 aliphatic rings. The number of esters is 1. The molecule has 0 aromatic heterocycles. The van der Waals surface area contributed by atoms with E-state index in [-0.39, 0.29) is 40.4 Å². The average molecular weight is 390 g/mol. The summed E-state index contributed by atoms with van der Waals surface area (Å²) in [6, 6.07) is 0. The maximum Gasteiger partial charge on any atom is 0.302 e. The van der Waals surface area contributed by atoms with Gasteiger partial charge in [0.25, 0.3) is 0 Å². The molecule has 3 rings (SSSR count). The van der Waals surface area contributed by atoms with E-state index in [2.05, 4.69) is 13.8 Å². The minimum Gasteiger partial charge on any atom is -0.507 e. The Kier molecular flexibility index (Phi) is 5.07. The summed E-state index contributed by atoms with van der Waals surface area (Å²) >= 11 is 0. The van der Waals surface area contributed by atoms with Crippen molar-refractivity contribution in [1.82, 2.24) is 0 Å². The topological polar surface area (TPSA) is 101 Å². The Morgan fingerprint density at radius 2 is 1.86 bits per heavy atom. The lowest BCUT2D eigenvalue weighted by Crippen LogP contribution is -2.52. The first kappa shape index (κ1) is 20.8. The highest BCUT2D eigenvalue weighted by atomic mass is 16.5. The molecule has 28 heavy (non-hydrogen) atoms. The molecule has 1 saturated carbocycles. The van der Waals surface area contributed by atoms with Crippen molar-refractivity contribution >= 4 is 17.5 Å². The number of carbonyl (C=O) groups excluding carboxylic acids is 3. The first-order valence-corrected chi connectivity index (χ1v) is 10.0. The van der Waals surface area contributed by atoms with Crippen LogP contribution < -0.4 is 0 Å². The number of ketones is 2. The van der Waals surface area contributed by atoms with Crippen molar-refractivity contribution in [2.45, 2.75) is 66.4 Å². The second kappa shape index (κ2) is 6.83. The molecular weight excluding hydrogens is 360 g/mol. The zero-order valence-electron chi connectivity index (χ0n) is 17.3. The number of allylic oxidation sites excluding steroid dienone is 1. The highest BCUT2D eigenvalue weighted by molar-refractivity contribution is 6.50. The van der Waals surface area contributed by atoms with E-state index in [4.69, 9.17) is 4.74 Å². The van der Waals surface area contributed by atoms with Crippen LogP contribution in [0, 0.1) is 22.7 Å². The fraction of sp³-hybridized carbons (Fsp3) is 0.682. The van der Waals surface area contributed by atoms with Crippen LogP contribution in [0.1, 0.15) is 60.3 Å². The average Bonchev–Trinajstić information content (AvgIpc) is 2.58. The molecule has 3 aliphatic carbocycles. The van der Waals surface area contributed by atoms with E-state index >= 15 is 0 Å². The van der Waals surface area contributed by atoms with E-state index in [1.807, 2.05) is 6.92 Å². The highest BCUT2D eigenvalue weighted by Crippen LogP contribution is 2.61. The van der Waals surface area contributed by atoms with Crippen LogP contribution in [0.25, 0.3) is 0 Å². The third-order valence-corrected chi connectivity index (χ3v) is 7.08. The van der Waals surface area contributed by atoms with Crippen molar-refractivity contribution < 1.29 is 29.3 Å². The van der Waals surface area contributed by atoms with E-state index in [0.717, 1.165) is 19.3 Å². The van der Waals surface area contributed by atoms with Gasteiger partial charge in [-0.15, -0.1) is 0 Å². The molecule has 1 unspecified atom stereocenters. The summed E-state index contributed by atoms with van der Waals surface area (Å²) in [5, 5.41) is 21.8. The molecule has 0 bridgehead atoms. The van der Waals surface area contributed by atoms with Gasteiger partial charge in [-0.2, -0.15) is 0 Å². The summed E-state index contributed by atoms with van der Waals surface area (Å²) in [5.74, 6) is -2.80. The molecule has 0 saturated heterocycles. The Morgan fingerprint density at radius 1 is 1.21 bits per heavy atom. The summed E-state index contributed by atoms with van der Waals surface area (Å²) in [4.78, 5) is 37.2. The molecule has 0 heterocycles. The van der Waals surface area contributed by atoms with Crippen molar-refractivity contribution in [3.63, 3.8) is 0 Å². The van der Waals surface area contributed by atoms with Gasteiger partial charge in [-0.1, -0.05) is 34.1 Å². The molecule has 6 heteroatoms. The third-order valence-electron chi connectivity index (χ3n) is 7.08. The van der Waals surface area contributed by atoms with Gasteiger partial charge in [0.15, 0.2) is 0 Å². The second-order valence-electron chi connectivity index (χ2n) is 9.48. The standard InChI is InChI=1S/C22H30O6/c1-11(10-28-12(2)23)15-18(25)16-13(24)9-14-21(3,4)7-6-8-22(14,5)17(16)20(27)19(15)26/h11,13-14,24-25H,6-10H2,1-5H3/t11?,13-,14-,22-/m0/s1. The molecule has 0 aromatic carbocycles. The number of aliphatic hydroxyl groups is 2. The van der Waals surface area contributed by atoms with Gasteiger partial charge < -0.3 is 14.9 Å². The lowest BCUT2D eigenvalue weighted by atomic mass is 9.48. The van der Waals surface area contributed by atoms with Gasteiger partial charge >= 0.3 is 5.97 Å². The predicted octanol–water partition coefficient (Wildman–Crippen LogP) is 3.04. The molecule has 1 fully saturated rings. The summed E-state index contributed by atoms with van der Waals surface area (Å²) in [7, 11) is 0. The summed E-state index contributed by atoms with van der Waals surface area (Å²) in [6.07, 6.45) is 2.11. The minimum absolute atomic E-state index is 0.0482. The van der Waals surface area contributed by atoms with E-state index in [9.17, 15) is 24.6 Å². The van der Waals surface area contributed by atoms with Crippen LogP contribution in [0.2, 0.25) is 0 Å². The highest BCUT2D eigenvalue weighted by Gasteiger charge is 2.57. The Labute approximate surface area is 165 Å². The number of Topliss-reactive ketones (excluding diaryl/α,β-unsaturated/α-hetero) is 2. The minimum atomic E-state index is -1.00. The Balaban J connectivity index is 2.14. The van der Waals surface area contributed by atoms with Crippen LogP contribution in [-0.2, 0) is 19.1 Å². The zero-order chi connectivity index (χ0) is 21.0. The maximum absolute atomic E-state index is 13.2. The largest absolute Gasteiger partial charge is 0.507 e. The summed E-state index contributed by atoms with van der Waals surface area (Å²) < 4.78 is 4.96. The van der Waals surface area contributed by atoms with E-state index in [1.54, 1.807) is 6.92 Å². The Hall–Kier alpha value is -1.95. The van der Waals surface area contributed by atoms with E-state index < -0.39 is 35.0 Å². The molecule has 0 amide bonds. The predicted molar refractivity (Wildman–Crippen MR) is 102 cm³/mol. The van der Waals surface area contributed by atoms with E-state index in [0.29, 0.717) is 6.42 Å². The van der Waals surface area contributed by atoms with Gasteiger partial charge in [0.1, 0.15) is 5.76 Å². The van der Waals surface area contributed by atoms with Crippen molar-refractivity contribution in [2.75, 3.05) is 6.61 Å². The fourth-order valence-corrected chi connectivity index (χ4v) is 5.75. The molecule has 6 nitrogen and oxygen atoms in total. The number of ether oxygens (including phenoxy) is 1. The smallest absolute Gasteiger partial charge is 0.302 e. The van der Waals surface area contributed by atoms with E-state index in [1.165, 1.54) is 6.92 Å². The fourth-order valence-electron chi connectivity index (χ4n) is 5.75. The van der Waals surface area contributed by atoms with Crippen molar-refractivity contribution in [1.29, 1.82) is 0 Å². The van der Waals surface area contributed by atoms with Crippen molar-refractivity contribution in [2.24, 2.45) is 22.7 Å². The summed E-state index contributed by atoms with van der Waals surface area (Å²) in [6.45, 7) is 9.04. The van der Waals surface area contributed by atoms with Crippen molar-refractivity contribution in [3.05, 3.63) is 22.5 Å². The monoisotopic (exact) mass is 390 g/mol. The number of hydrogen-bond donors (Lipinski definition) is 2. The first-order chi connectivity index (χ1) is 12.9. The number of hydrogen-bond acceptors (Lipinski definition) is 6. The van der Waals surface area contributed by atoms with Crippen LogP contribution in [0.5, 0.6) is 0 Å². The molecule has 0 aliphatic heterocycles. The van der Waals surface area contributed by atoms with Crippen molar-refractivity contribution in [3.8, 4) is 0 Å². The van der Waals surface area contributed by atoms with Gasteiger partial charge in [-0.3, -0.25) is 14.4 Å². The second-order valence-corrected chi connectivity index (χ2v) is 9.48. The lowest BCUT2D eigenvalue weighted by Gasteiger charge is -2.56. The third kappa shape index (κ3) is 3.02. The van der Waals surface area contributed by atoms with Crippen LogP contribution in [0.15, 0.2) is 22.5 Å². The SMILES string of the molecule is CC(=O)OCC(C)C1=C(O)C2=C(C(=O)C1=O)[C@@]1(C)CCCC(C)(C)[C@@H]1C[C@@H]2O. The zero-order valence-corrected chi connectivity index (χ0v) is 17.3. The number of aliphatic hydroxyl groups excluding tert-OH is 2.